The number of hydrogen-bond acceptors (Lipinski definition) is 11. The van der Waals surface area contributed by atoms with Gasteiger partial charge in [-0.05, 0) is 67.3 Å². The summed E-state index contributed by atoms with van der Waals surface area (Å²) in [6.07, 6.45) is 2.75. The molecule has 1 fully saturated rings. The molecular weight excluding hydrogens is 803 g/mol. The molecule has 0 aliphatic carbocycles. The van der Waals surface area contributed by atoms with Crippen LogP contribution in [0.5, 0.6) is 0 Å². The molecule has 3 amide bonds. The van der Waals surface area contributed by atoms with Gasteiger partial charge in [-0.25, -0.2) is 4.98 Å². The molecule has 1 aromatic heterocycles. The van der Waals surface area contributed by atoms with Crippen LogP contribution in [-0.2, 0) is 36.8 Å². The molecule has 62 heavy (non-hydrogen) atoms. The Bertz CT molecular complexity index is 1800. The quantitative estimate of drug-likeness (QED) is 0.0609. The van der Waals surface area contributed by atoms with Gasteiger partial charge in [-0.15, -0.1) is 11.3 Å². The third-order valence-electron chi connectivity index (χ3n) is 12.8. The fourth-order valence-corrected chi connectivity index (χ4v) is 9.89. The first-order chi connectivity index (χ1) is 29.5. The molecule has 10 atom stereocenters. The van der Waals surface area contributed by atoms with E-state index in [2.05, 4.69) is 41.6 Å². The molecule has 2 heterocycles. The Morgan fingerprint density at radius 2 is 1.65 bits per heavy atom. The van der Waals surface area contributed by atoms with Crippen LogP contribution in [0.3, 0.4) is 0 Å². The summed E-state index contributed by atoms with van der Waals surface area (Å²) in [7, 11) is 6.91. The Morgan fingerprint density at radius 1 is 0.968 bits per heavy atom. The van der Waals surface area contributed by atoms with Gasteiger partial charge in [-0.2, -0.15) is 0 Å². The molecule has 344 valence electrons. The first kappa shape index (κ1) is 50.7. The van der Waals surface area contributed by atoms with Crippen molar-refractivity contribution in [3.8, 4) is 0 Å². The fourth-order valence-electron chi connectivity index (χ4n) is 9.19. The van der Waals surface area contributed by atoms with Crippen molar-refractivity contribution in [1.82, 2.24) is 30.3 Å². The second kappa shape index (κ2) is 24.2. The molecule has 0 bridgehead atoms. The van der Waals surface area contributed by atoms with Crippen LogP contribution in [0.15, 0.2) is 66.2 Å². The number of benzene rings is 2. The van der Waals surface area contributed by atoms with E-state index >= 15 is 0 Å². The molecule has 13 nitrogen and oxygen atoms in total. The highest BCUT2D eigenvalue weighted by molar-refractivity contribution is 7.09. The van der Waals surface area contributed by atoms with Crippen LogP contribution < -0.4 is 16.4 Å². The zero-order valence-corrected chi connectivity index (χ0v) is 39.8. The number of nitrogens with one attached hydrogen (secondary N) is 2. The van der Waals surface area contributed by atoms with Crippen molar-refractivity contribution in [2.24, 2.45) is 23.7 Å². The minimum atomic E-state index is -0.939. The summed E-state index contributed by atoms with van der Waals surface area (Å²) in [6, 6.07) is 15.5. The number of hydrogen-bond donors (Lipinski definition) is 4. The van der Waals surface area contributed by atoms with Crippen LogP contribution in [-0.4, -0.2) is 120 Å². The van der Waals surface area contributed by atoms with E-state index in [-0.39, 0.29) is 59.9 Å². The third-order valence-corrected chi connectivity index (χ3v) is 13.7. The largest absolute Gasteiger partial charge is 0.399 e. The van der Waals surface area contributed by atoms with Crippen molar-refractivity contribution < 1.29 is 29.0 Å². The highest BCUT2D eigenvalue weighted by Gasteiger charge is 2.43. The first-order valence-corrected chi connectivity index (χ1v) is 23.2. The summed E-state index contributed by atoms with van der Waals surface area (Å²) < 4.78 is 12.2. The lowest BCUT2D eigenvalue weighted by atomic mass is 9.89. The van der Waals surface area contributed by atoms with E-state index in [1.807, 2.05) is 99.3 Å². The molecule has 0 spiro atoms. The Labute approximate surface area is 375 Å². The minimum absolute atomic E-state index is 0.0244. The van der Waals surface area contributed by atoms with Gasteiger partial charge < -0.3 is 35.4 Å². The number of nitrogens with two attached hydrogens (primary N) is 1. The number of likely N-dealkylation sites (tertiary alicyclic amines) is 1. The maximum atomic E-state index is 14.6. The molecule has 0 radical (unpaired) electrons. The summed E-state index contributed by atoms with van der Waals surface area (Å²) in [6.45, 7) is 15.1. The minimum Gasteiger partial charge on any atom is -0.399 e. The number of aliphatic hydroxyl groups excluding tert-OH is 1. The van der Waals surface area contributed by atoms with Crippen molar-refractivity contribution in [3.05, 3.63) is 82.3 Å². The Kier molecular flexibility index (Phi) is 19.8. The van der Waals surface area contributed by atoms with Gasteiger partial charge in [0, 0.05) is 57.5 Å². The predicted octanol–water partition coefficient (Wildman–Crippen LogP) is 6.13. The molecule has 5 N–H and O–H groups in total. The Hall–Kier alpha value is -3.92. The third kappa shape index (κ3) is 13.3. The Balaban J connectivity index is 1.48. The molecule has 14 heteroatoms. The number of aromatic nitrogens is 1. The summed E-state index contributed by atoms with van der Waals surface area (Å²) in [4.78, 5) is 53.3. The van der Waals surface area contributed by atoms with E-state index in [4.69, 9.17) is 15.2 Å². The number of carbonyl (C=O) groups is 3. The van der Waals surface area contributed by atoms with Crippen LogP contribution in [0.2, 0.25) is 0 Å². The van der Waals surface area contributed by atoms with E-state index in [9.17, 15) is 19.5 Å². The van der Waals surface area contributed by atoms with Crippen LogP contribution in [0.4, 0.5) is 5.69 Å². The van der Waals surface area contributed by atoms with Gasteiger partial charge >= 0.3 is 0 Å². The SMILES string of the molecule is CCC(C)C(C(CC(=O)N1CCCC1C(OC)C(C)C(O)NC(Cc1ccccc1)c1nccs1)OC)N(C)C(=O)C(NC(=O)C(C(C)C)N(C)Cc1ccc(N)cc1)C(C)C. The topological polar surface area (TPSA) is 163 Å². The summed E-state index contributed by atoms with van der Waals surface area (Å²) in [5.41, 5.74) is 8.75. The van der Waals surface area contributed by atoms with Gasteiger partial charge in [-0.3, -0.25) is 24.6 Å². The predicted molar refractivity (Wildman–Crippen MR) is 248 cm³/mol. The van der Waals surface area contributed by atoms with E-state index in [1.54, 1.807) is 43.7 Å². The van der Waals surface area contributed by atoms with Gasteiger partial charge in [0.15, 0.2) is 0 Å². The first-order valence-electron chi connectivity index (χ1n) is 22.4. The molecule has 3 aromatic rings. The van der Waals surface area contributed by atoms with Crippen molar-refractivity contribution in [3.63, 3.8) is 0 Å². The standard InChI is InChI=1S/C48H75N7O6S/c1-12-32(6)43(54(9)48(59)41(30(2)3)52-46(58)42(31(4)5)53(8)29-35-20-22-36(49)23-21-35)39(60-10)28-40(56)55-25-16-19-38(55)44(61-11)33(7)45(57)51-37(47-50-24-26-62-47)27-34-17-14-13-15-18-34/h13-15,17-18,20-24,26,30-33,37-39,41-45,51,57H,12,16,19,25,27-29,49H2,1-11H3,(H,52,58). The number of nitrogens with zero attached hydrogens (tertiary/aromatic N) is 4. The van der Waals surface area contributed by atoms with Gasteiger partial charge in [0.1, 0.15) is 17.3 Å². The van der Waals surface area contributed by atoms with Crippen LogP contribution in [0.1, 0.15) is 96.3 Å². The van der Waals surface area contributed by atoms with Crippen LogP contribution >= 0.6 is 11.3 Å². The van der Waals surface area contributed by atoms with E-state index < -0.39 is 36.6 Å². The molecule has 0 saturated carbocycles. The smallest absolute Gasteiger partial charge is 0.245 e. The number of aliphatic hydroxyl groups is 1. The molecular formula is C48H75N7O6S. The number of methoxy groups -OCH3 is 2. The number of likely N-dealkylation sites (N-methyl/N-ethyl adjacent to an activating group) is 2. The van der Waals surface area contributed by atoms with Gasteiger partial charge in [-0.1, -0.05) is 97.4 Å². The number of carbonyl (C=O) groups excluding carboxylic acids is 3. The highest BCUT2D eigenvalue weighted by Crippen LogP contribution is 2.31. The van der Waals surface area contributed by atoms with Crippen LogP contribution in [0.25, 0.3) is 0 Å². The zero-order chi connectivity index (χ0) is 45.7. The van der Waals surface area contributed by atoms with E-state index in [0.29, 0.717) is 25.2 Å². The number of thiazole rings is 1. The Morgan fingerprint density at radius 3 is 2.21 bits per heavy atom. The summed E-state index contributed by atoms with van der Waals surface area (Å²) in [5.74, 6) is -1.16. The van der Waals surface area contributed by atoms with E-state index in [0.717, 1.165) is 35.4 Å². The monoisotopic (exact) mass is 878 g/mol. The lowest BCUT2D eigenvalue weighted by Crippen LogP contribution is -2.60. The molecule has 1 aliphatic heterocycles. The summed E-state index contributed by atoms with van der Waals surface area (Å²) in [5, 5.41) is 21.1. The maximum Gasteiger partial charge on any atom is 0.245 e. The number of amides is 3. The molecule has 1 aliphatic rings. The van der Waals surface area contributed by atoms with Crippen molar-refractivity contribution in [2.45, 2.75) is 136 Å². The van der Waals surface area contributed by atoms with Gasteiger partial charge in [0.2, 0.25) is 17.7 Å². The highest BCUT2D eigenvalue weighted by atomic mass is 32.1. The molecule has 10 unspecified atom stereocenters. The summed E-state index contributed by atoms with van der Waals surface area (Å²) >= 11 is 1.54. The molecule has 2 aromatic carbocycles. The number of rotatable bonds is 24. The number of ether oxygens (including phenoxy) is 2. The van der Waals surface area contributed by atoms with Gasteiger partial charge in [0.25, 0.3) is 0 Å². The van der Waals surface area contributed by atoms with Crippen LogP contribution in [0, 0.1) is 23.7 Å². The number of anilines is 1. The van der Waals surface area contributed by atoms with Crippen molar-refractivity contribution in [2.75, 3.05) is 40.6 Å². The average molecular weight is 878 g/mol. The lowest BCUT2D eigenvalue weighted by Gasteiger charge is -2.41. The molecule has 1 saturated heterocycles. The maximum absolute atomic E-state index is 14.6. The number of nitrogen functional groups attached to an aromatic ring is 1. The second-order valence-electron chi connectivity index (χ2n) is 18.0. The van der Waals surface area contributed by atoms with Crippen molar-refractivity contribution >= 4 is 34.7 Å². The van der Waals surface area contributed by atoms with E-state index in [1.165, 1.54) is 0 Å². The molecule has 4 rings (SSSR count). The van der Waals surface area contributed by atoms with Crippen molar-refractivity contribution in [1.29, 1.82) is 0 Å². The normalized spacial score (nSPS) is 18.8. The zero-order valence-electron chi connectivity index (χ0n) is 39.0. The second-order valence-corrected chi connectivity index (χ2v) is 18.9. The van der Waals surface area contributed by atoms with Gasteiger partial charge in [0.05, 0.1) is 42.8 Å². The lowest BCUT2D eigenvalue weighted by molar-refractivity contribution is -0.148. The fraction of sp³-hybridized carbons (Fsp3) is 0.625. The average Bonchev–Trinajstić information content (AvgIpc) is 3.97.